The van der Waals surface area contributed by atoms with Crippen molar-refractivity contribution < 1.29 is 24.5 Å². The van der Waals surface area contributed by atoms with Gasteiger partial charge in [0.2, 0.25) is 5.36 Å². The van der Waals surface area contributed by atoms with Gasteiger partial charge in [0.1, 0.15) is 24.5 Å². The molecule has 2 aliphatic rings. The summed E-state index contributed by atoms with van der Waals surface area (Å²) >= 11 is 0. The molecule has 2 N–H and O–H groups in total. The fraction of sp³-hybridized carbons (Fsp3) is 0.375. The van der Waals surface area contributed by atoms with Crippen molar-refractivity contribution in [3.05, 3.63) is 71.6 Å². The fourth-order valence-electron chi connectivity index (χ4n) is 5.11. The summed E-state index contributed by atoms with van der Waals surface area (Å²) in [5.41, 5.74) is 3.82. The van der Waals surface area contributed by atoms with Gasteiger partial charge in [-0.3, -0.25) is 0 Å². The van der Waals surface area contributed by atoms with Crippen molar-refractivity contribution in [1.29, 1.82) is 0 Å². The van der Waals surface area contributed by atoms with Gasteiger partial charge in [0.15, 0.2) is 6.54 Å². The molecule has 0 bridgehead atoms. The third-order valence-corrected chi connectivity index (χ3v) is 7.14. The number of carbonyl (C=O) groups excluding carboxylic acids is 1. The van der Waals surface area contributed by atoms with Crippen LogP contribution in [0, 0.1) is 0 Å². The standard InChI is InChI=1S/C32H38N2O5/c1-3-5-15-33(17-19-35)23-11-13-27-29(21-23)39-30-22-24(34(18-20-36)16-6-4-2)12-14-28(30)31(27)25-9-7-8-10-26(25)32(37)38/h7-14,21-22,35-36H,3-6,15-20H2,1-2H3. The summed E-state index contributed by atoms with van der Waals surface area (Å²) in [6.45, 7) is 7.01. The largest absolute Gasteiger partial charge is 0.545 e. The fourth-order valence-corrected chi connectivity index (χ4v) is 5.11. The summed E-state index contributed by atoms with van der Waals surface area (Å²) in [5.74, 6) is -0.606. The number of hydrogen-bond acceptors (Lipinski definition) is 6. The molecule has 0 amide bonds. The van der Waals surface area contributed by atoms with E-state index in [1.807, 2.05) is 42.5 Å². The molecule has 7 nitrogen and oxygen atoms in total. The Morgan fingerprint density at radius 3 is 2.41 bits per heavy atom. The molecule has 0 saturated heterocycles. The van der Waals surface area contributed by atoms with Crippen LogP contribution in [0.5, 0.6) is 0 Å². The second-order valence-corrected chi connectivity index (χ2v) is 9.80. The molecule has 0 radical (unpaired) electrons. The highest BCUT2D eigenvalue weighted by atomic mass is 16.4. The molecule has 1 heterocycles. The average molecular weight is 531 g/mol. The summed E-state index contributed by atoms with van der Waals surface area (Å²) in [5, 5.41) is 33.2. The maximum absolute atomic E-state index is 12.1. The molecule has 206 valence electrons. The summed E-state index contributed by atoms with van der Waals surface area (Å²) in [4.78, 5) is 14.2. The predicted molar refractivity (Wildman–Crippen MR) is 154 cm³/mol. The van der Waals surface area contributed by atoms with Crippen molar-refractivity contribution >= 4 is 22.6 Å². The van der Waals surface area contributed by atoms with Crippen LogP contribution in [0.1, 0.15) is 49.9 Å². The first-order valence-corrected chi connectivity index (χ1v) is 13.9. The van der Waals surface area contributed by atoms with Crippen molar-refractivity contribution in [2.24, 2.45) is 0 Å². The highest BCUT2D eigenvalue weighted by Crippen LogP contribution is 2.42. The first-order chi connectivity index (χ1) is 19.0. The number of carboxylic acids is 1. The second-order valence-electron chi connectivity index (χ2n) is 9.80. The van der Waals surface area contributed by atoms with Gasteiger partial charge in [-0.1, -0.05) is 51.0 Å². The number of rotatable bonds is 13. The first-order valence-electron chi connectivity index (χ1n) is 13.9. The van der Waals surface area contributed by atoms with E-state index in [9.17, 15) is 20.1 Å². The van der Waals surface area contributed by atoms with Crippen LogP contribution in [-0.2, 0) is 0 Å². The van der Waals surface area contributed by atoms with Gasteiger partial charge in [-0.15, -0.1) is 0 Å². The van der Waals surface area contributed by atoms with Crippen LogP contribution < -0.4 is 19.9 Å². The summed E-state index contributed by atoms with van der Waals surface area (Å²) in [6, 6.07) is 18.8. The van der Waals surface area contributed by atoms with E-state index in [1.54, 1.807) is 18.2 Å². The third-order valence-electron chi connectivity index (χ3n) is 7.14. The van der Waals surface area contributed by atoms with E-state index < -0.39 is 5.97 Å². The zero-order valence-corrected chi connectivity index (χ0v) is 22.9. The highest BCUT2D eigenvalue weighted by molar-refractivity contribution is 6.07. The van der Waals surface area contributed by atoms with Crippen molar-refractivity contribution in [1.82, 2.24) is 4.58 Å². The number of fused-ring (bicyclic) bond motifs is 2. The summed E-state index contributed by atoms with van der Waals surface area (Å²) in [7, 11) is 0. The molecule has 2 aromatic carbocycles. The number of carboxylic acid groups (broad SMARTS) is 1. The lowest BCUT2D eigenvalue weighted by molar-refractivity contribution is -0.254. The Hall–Kier alpha value is -3.68. The number of hydrogen-bond donors (Lipinski definition) is 2. The van der Waals surface area contributed by atoms with Crippen LogP contribution >= 0.6 is 0 Å². The Labute approximate surface area is 229 Å². The maximum Gasteiger partial charge on any atom is 0.203 e. The van der Waals surface area contributed by atoms with Gasteiger partial charge in [-0.25, -0.2) is 4.58 Å². The lowest BCUT2D eigenvalue weighted by atomic mass is 9.90. The number of aromatic carboxylic acids is 1. The van der Waals surface area contributed by atoms with Crippen LogP contribution in [0.25, 0.3) is 33.4 Å². The van der Waals surface area contributed by atoms with E-state index in [4.69, 9.17) is 4.42 Å². The number of aliphatic hydroxyl groups excluding tert-OH is 2. The molecular formula is C32H38N2O5. The Kier molecular flexibility index (Phi) is 9.74. The first kappa shape index (κ1) is 28.3. The molecule has 1 aliphatic carbocycles. The van der Waals surface area contributed by atoms with Crippen LogP contribution in [0.3, 0.4) is 0 Å². The molecule has 7 heteroatoms. The van der Waals surface area contributed by atoms with Gasteiger partial charge in [-0.05, 0) is 30.2 Å². The molecule has 0 spiro atoms. The minimum absolute atomic E-state index is 0.0443. The van der Waals surface area contributed by atoms with Crippen molar-refractivity contribution in [2.75, 3.05) is 44.3 Å². The second kappa shape index (κ2) is 13.4. The molecule has 4 rings (SSSR count). The van der Waals surface area contributed by atoms with Crippen LogP contribution in [-0.4, -0.2) is 55.6 Å². The summed E-state index contributed by atoms with van der Waals surface area (Å²) < 4.78 is 8.65. The monoisotopic (exact) mass is 530 g/mol. The number of benzene rings is 3. The number of aliphatic hydroxyl groups is 2. The molecule has 2 aromatic rings. The topological polar surface area (TPSA) is 100.0 Å². The zero-order valence-electron chi connectivity index (χ0n) is 22.9. The zero-order chi connectivity index (χ0) is 27.8. The van der Waals surface area contributed by atoms with Crippen molar-refractivity contribution in [3.8, 4) is 22.5 Å². The minimum atomic E-state index is -1.23. The third kappa shape index (κ3) is 6.32. The van der Waals surface area contributed by atoms with E-state index >= 15 is 0 Å². The molecule has 0 atom stereocenters. The van der Waals surface area contributed by atoms with Crippen molar-refractivity contribution in [2.45, 2.75) is 39.5 Å². The van der Waals surface area contributed by atoms with Gasteiger partial charge >= 0.3 is 0 Å². The lowest BCUT2D eigenvalue weighted by Gasteiger charge is -2.25. The lowest BCUT2D eigenvalue weighted by Crippen LogP contribution is -2.33. The van der Waals surface area contributed by atoms with Crippen LogP contribution in [0.15, 0.2) is 65.1 Å². The smallest absolute Gasteiger partial charge is 0.203 e. The molecule has 39 heavy (non-hydrogen) atoms. The van der Waals surface area contributed by atoms with Gasteiger partial charge in [-0.2, -0.15) is 0 Å². The molecule has 0 fully saturated rings. The Bertz CT molecular complexity index is 1460. The quantitative estimate of drug-likeness (QED) is 0.202. The van der Waals surface area contributed by atoms with Gasteiger partial charge < -0.3 is 29.4 Å². The van der Waals surface area contributed by atoms with E-state index in [1.165, 1.54) is 0 Å². The minimum Gasteiger partial charge on any atom is -0.545 e. The van der Waals surface area contributed by atoms with Crippen molar-refractivity contribution in [3.63, 3.8) is 0 Å². The number of carbonyl (C=O) groups is 1. The highest BCUT2D eigenvalue weighted by Gasteiger charge is 2.21. The Morgan fingerprint density at radius 2 is 1.69 bits per heavy atom. The maximum atomic E-state index is 12.1. The van der Waals surface area contributed by atoms with Gasteiger partial charge in [0.05, 0.1) is 18.6 Å². The van der Waals surface area contributed by atoms with E-state index in [0.29, 0.717) is 30.0 Å². The Balaban J connectivity index is 2.03. The molecular weight excluding hydrogens is 492 g/mol. The van der Waals surface area contributed by atoms with Gasteiger partial charge in [0.25, 0.3) is 0 Å². The number of unbranched alkanes of at least 4 members (excludes halogenated alkanes) is 2. The number of nitrogens with zero attached hydrogens (tertiary/aromatic N) is 2. The van der Waals surface area contributed by atoms with E-state index in [2.05, 4.69) is 23.3 Å². The predicted octanol–water partition coefficient (Wildman–Crippen LogP) is 3.73. The SMILES string of the molecule is CCCCN(CCO)c1ccc2c(-c3ccccc3C(=O)[O-])c3ccc(=[N+](CCO)CCCC)cc-3oc2c1. The van der Waals surface area contributed by atoms with Crippen LogP contribution in [0.4, 0.5) is 5.69 Å². The van der Waals surface area contributed by atoms with E-state index in [-0.39, 0.29) is 18.8 Å². The van der Waals surface area contributed by atoms with Gasteiger partial charge in [0, 0.05) is 59.4 Å². The average Bonchev–Trinajstić information content (AvgIpc) is 2.95. The number of anilines is 1. The molecule has 0 saturated carbocycles. The molecule has 0 aromatic heterocycles. The molecule has 0 unspecified atom stereocenters. The normalized spacial score (nSPS) is 12.2. The molecule has 1 aliphatic heterocycles. The van der Waals surface area contributed by atoms with E-state index in [0.717, 1.165) is 66.3 Å². The Morgan fingerprint density at radius 1 is 0.897 bits per heavy atom. The summed E-state index contributed by atoms with van der Waals surface area (Å²) in [6.07, 6.45) is 4.08. The van der Waals surface area contributed by atoms with Crippen LogP contribution in [0.2, 0.25) is 0 Å².